The summed E-state index contributed by atoms with van der Waals surface area (Å²) in [6.07, 6.45) is 1.54. The first-order chi connectivity index (χ1) is 13.3. The number of carbonyl (C=O) groups excluding carboxylic acids is 1. The Bertz CT molecular complexity index is 825. The molecule has 2 aromatic carbocycles. The summed E-state index contributed by atoms with van der Waals surface area (Å²) in [5, 5.41) is 0. The predicted molar refractivity (Wildman–Crippen MR) is 101 cm³/mol. The average molecular weight is 393 g/mol. The molecule has 0 amide bonds. The van der Waals surface area contributed by atoms with Crippen LogP contribution >= 0.6 is 0 Å². The number of halogens is 3. The fourth-order valence-electron chi connectivity index (χ4n) is 2.36. The van der Waals surface area contributed by atoms with Gasteiger partial charge in [-0.15, -0.1) is 0 Å². The topological polar surface area (TPSA) is 38.8 Å². The minimum Gasteiger partial charge on any atom is -0.461 e. The van der Waals surface area contributed by atoms with Crippen LogP contribution in [0, 0.1) is 11.6 Å². The van der Waals surface area contributed by atoms with Gasteiger partial charge in [-0.3, -0.25) is 0 Å². The monoisotopic (exact) mass is 393 g/mol. The molecule has 28 heavy (non-hydrogen) atoms. The van der Waals surface area contributed by atoms with Gasteiger partial charge in [-0.2, -0.15) is 4.39 Å². The number of benzene rings is 2. The van der Waals surface area contributed by atoms with E-state index in [1.165, 1.54) is 6.92 Å². The molecule has 2 rings (SSSR count). The lowest BCUT2D eigenvalue weighted by Gasteiger charge is -2.11. The highest BCUT2D eigenvalue weighted by Gasteiger charge is 2.15. The van der Waals surface area contributed by atoms with Crippen molar-refractivity contribution in [1.82, 2.24) is 4.90 Å². The molecule has 0 aliphatic carbocycles. The molecule has 0 atom stereocenters. The van der Waals surface area contributed by atoms with Crippen LogP contribution in [0.3, 0.4) is 0 Å². The molecule has 0 saturated heterocycles. The number of hydrogen-bond donors (Lipinski definition) is 0. The molecule has 0 radical (unpaired) electrons. The van der Waals surface area contributed by atoms with Crippen molar-refractivity contribution in [2.24, 2.45) is 0 Å². The van der Waals surface area contributed by atoms with E-state index in [4.69, 9.17) is 4.74 Å². The molecule has 0 aliphatic heterocycles. The van der Waals surface area contributed by atoms with E-state index < -0.39 is 29.2 Å². The summed E-state index contributed by atoms with van der Waals surface area (Å²) < 4.78 is 51.9. The standard InChI is InChI=1S/C21H22F3NO3/c1-4-27-21(26)19(24)13-15-11-17(22)20(18(23)12-15)28-16-7-5-14(6-8-16)9-10-25(2)3/h5-8,11-13H,4,9-10H2,1-3H3/b19-13+. The number of hydrogen-bond acceptors (Lipinski definition) is 4. The smallest absolute Gasteiger partial charge is 0.367 e. The zero-order valence-electron chi connectivity index (χ0n) is 16.0. The van der Waals surface area contributed by atoms with Crippen LogP contribution in [0.2, 0.25) is 0 Å². The second-order valence-electron chi connectivity index (χ2n) is 6.33. The van der Waals surface area contributed by atoms with E-state index in [9.17, 15) is 18.0 Å². The van der Waals surface area contributed by atoms with Crippen molar-refractivity contribution < 1.29 is 27.4 Å². The minimum atomic E-state index is -1.25. The summed E-state index contributed by atoms with van der Waals surface area (Å²) in [4.78, 5) is 13.3. The SMILES string of the molecule is CCOC(=O)/C(F)=C\c1cc(F)c(Oc2ccc(CCN(C)C)cc2)c(F)c1. The molecule has 0 bridgehead atoms. The zero-order chi connectivity index (χ0) is 20.7. The van der Waals surface area contributed by atoms with Crippen molar-refractivity contribution in [2.45, 2.75) is 13.3 Å². The van der Waals surface area contributed by atoms with E-state index in [1.54, 1.807) is 12.1 Å². The maximum Gasteiger partial charge on any atom is 0.367 e. The Morgan fingerprint density at radius 3 is 2.25 bits per heavy atom. The van der Waals surface area contributed by atoms with E-state index in [-0.39, 0.29) is 17.9 Å². The van der Waals surface area contributed by atoms with Crippen molar-refractivity contribution in [3.63, 3.8) is 0 Å². The molecule has 0 spiro atoms. The predicted octanol–water partition coefficient (Wildman–Crippen LogP) is 4.73. The molecule has 2 aromatic rings. The summed E-state index contributed by atoms with van der Waals surface area (Å²) >= 11 is 0. The van der Waals surface area contributed by atoms with Crippen molar-refractivity contribution in [2.75, 3.05) is 27.2 Å². The Hall–Kier alpha value is -2.80. The van der Waals surface area contributed by atoms with Gasteiger partial charge in [-0.05, 0) is 68.9 Å². The Kier molecular flexibility index (Phi) is 7.63. The summed E-state index contributed by atoms with van der Waals surface area (Å²) in [6, 6.07) is 8.64. The highest BCUT2D eigenvalue weighted by molar-refractivity contribution is 5.91. The molecular weight excluding hydrogens is 371 g/mol. The number of carbonyl (C=O) groups is 1. The number of ether oxygens (including phenoxy) is 2. The van der Waals surface area contributed by atoms with Crippen LogP contribution in [0.1, 0.15) is 18.1 Å². The lowest BCUT2D eigenvalue weighted by molar-refractivity contribution is -0.140. The van der Waals surface area contributed by atoms with Crippen LogP contribution in [0.15, 0.2) is 42.2 Å². The zero-order valence-corrected chi connectivity index (χ0v) is 16.0. The van der Waals surface area contributed by atoms with Crippen LogP contribution in [0.25, 0.3) is 6.08 Å². The maximum atomic E-state index is 14.2. The average Bonchev–Trinajstić information content (AvgIpc) is 2.64. The third-order valence-corrected chi connectivity index (χ3v) is 3.78. The molecule has 0 saturated carbocycles. The van der Waals surface area contributed by atoms with Gasteiger partial charge >= 0.3 is 5.97 Å². The molecule has 7 heteroatoms. The van der Waals surface area contributed by atoms with E-state index in [1.807, 2.05) is 26.2 Å². The van der Waals surface area contributed by atoms with Gasteiger partial charge in [0.2, 0.25) is 5.83 Å². The van der Waals surface area contributed by atoms with Gasteiger partial charge < -0.3 is 14.4 Å². The highest BCUT2D eigenvalue weighted by atomic mass is 19.1. The highest BCUT2D eigenvalue weighted by Crippen LogP contribution is 2.29. The third kappa shape index (κ3) is 6.13. The fraction of sp³-hybridized carbons (Fsp3) is 0.286. The summed E-state index contributed by atoms with van der Waals surface area (Å²) in [5.74, 6) is -4.80. The van der Waals surface area contributed by atoms with E-state index in [0.717, 1.165) is 30.7 Å². The first-order valence-electron chi connectivity index (χ1n) is 8.75. The molecule has 4 nitrogen and oxygen atoms in total. The second-order valence-corrected chi connectivity index (χ2v) is 6.33. The van der Waals surface area contributed by atoms with Gasteiger partial charge in [-0.25, -0.2) is 13.6 Å². The number of nitrogens with zero attached hydrogens (tertiary/aromatic N) is 1. The minimum absolute atomic E-state index is 0.0104. The molecule has 0 N–H and O–H groups in total. The Morgan fingerprint density at radius 1 is 1.11 bits per heavy atom. The Morgan fingerprint density at radius 2 is 1.71 bits per heavy atom. The fourth-order valence-corrected chi connectivity index (χ4v) is 2.36. The van der Waals surface area contributed by atoms with Crippen LogP contribution in [0.4, 0.5) is 13.2 Å². The number of esters is 1. The van der Waals surface area contributed by atoms with E-state index >= 15 is 0 Å². The van der Waals surface area contributed by atoms with Crippen molar-refractivity contribution >= 4 is 12.0 Å². The van der Waals surface area contributed by atoms with Crippen LogP contribution in [-0.2, 0) is 16.0 Å². The second kappa shape index (κ2) is 9.94. The molecular formula is C21H22F3NO3. The van der Waals surface area contributed by atoms with Crippen molar-refractivity contribution in [3.8, 4) is 11.5 Å². The number of rotatable bonds is 8. The van der Waals surface area contributed by atoms with Gasteiger partial charge in [0.05, 0.1) is 6.61 Å². The van der Waals surface area contributed by atoms with Crippen LogP contribution in [0.5, 0.6) is 11.5 Å². The normalized spacial score (nSPS) is 11.6. The maximum absolute atomic E-state index is 14.2. The van der Waals surface area contributed by atoms with Gasteiger partial charge in [0.25, 0.3) is 0 Å². The summed E-state index contributed by atoms with van der Waals surface area (Å²) in [5.41, 5.74) is 0.906. The van der Waals surface area contributed by atoms with Crippen molar-refractivity contribution in [1.29, 1.82) is 0 Å². The summed E-state index contributed by atoms with van der Waals surface area (Å²) in [6.45, 7) is 2.38. The van der Waals surface area contributed by atoms with E-state index in [0.29, 0.717) is 6.08 Å². The molecule has 150 valence electrons. The van der Waals surface area contributed by atoms with Crippen LogP contribution in [-0.4, -0.2) is 38.1 Å². The van der Waals surface area contributed by atoms with Gasteiger partial charge in [0.1, 0.15) is 5.75 Å². The lowest BCUT2D eigenvalue weighted by Crippen LogP contribution is -2.14. The molecule has 0 aromatic heterocycles. The molecule has 0 heterocycles. The largest absolute Gasteiger partial charge is 0.461 e. The number of likely N-dealkylation sites (N-methyl/N-ethyl adjacent to an activating group) is 1. The summed E-state index contributed by atoms with van der Waals surface area (Å²) in [7, 11) is 3.95. The third-order valence-electron chi connectivity index (χ3n) is 3.78. The molecule has 0 unspecified atom stereocenters. The van der Waals surface area contributed by atoms with E-state index in [2.05, 4.69) is 9.64 Å². The van der Waals surface area contributed by atoms with Gasteiger partial charge in [-0.1, -0.05) is 12.1 Å². The first kappa shape index (κ1) is 21.5. The Labute approximate surface area is 162 Å². The van der Waals surface area contributed by atoms with Gasteiger partial charge in [0, 0.05) is 6.54 Å². The molecule has 0 fully saturated rings. The lowest BCUT2D eigenvalue weighted by atomic mass is 10.1. The molecule has 0 aliphatic rings. The van der Waals surface area contributed by atoms with Gasteiger partial charge in [0.15, 0.2) is 17.4 Å². The Balaban J connectivity index is 2.14. The van der Waals surface area contributed by atoms with Crippen molar-refractivity contribution in [3.05, 3.63) is 65.0 Å². The first-order valence-corrected chi connectivity index (χ1v) is 8.75. The quantitative estimate of drug-likeness (QED) is 0.480. The van der Waals surface area contributed by atoms with Crippen LogP contribution < -0.4 is 4.74 Å².